The number of nitrogens with zero attached hydrogens (tertiary/aromatic N) is 2. The van der Waals surface area contributed by atoms with E-state index < -0.39 is 41.9 Å². The van der Waals surface area contributed by atoms with E-state index in [9.17, 15) is 32.3 Å². The fraction of sp³-hybridized carbons (Fsp3) is 0.360. The van der Waals surface area contributed by atoms with E-state index in [-0.39, 0.29) is 27.5 Å². The monoisotopic (exact) mass is 478 g/mol. The number of aliphatic hydroxyl groups is 1. The summed E-state index contributed by atoms with van der Waals surface area (Å²) in [7, 11) is 2.96. The van der Waals surface area contributed by atoms with Crippen molar-refractivity contribution in [3.05, 3.63) is 81.9 Å². The Balaban J connectivity index is 2.11. The Morgan fingerprint density at radius 3 is 2.32 bits per heavy atom. The van der Waals surface area contributed by atoms with Gasteiger partial charge in [-0.15, -0.1) is 0 Å². The van der Waals surface area contributed by atoms with Crippen molar-refractivity contribution in [3.8, 4) is 0 Å². The molecule has 34 heavy (non-hydrogen) atoms. The Hall–Kier alpha value is -3.20. The predicted molar refractivity (Wildman–Crippen MR) is 121 cm³/mol. The summed E-state index contributed by atoms with van der Waals surface area (Å²) in [6, 6.07) is 10.7. The molecule has 3 rings (SSSR count). The van der Waals surface area contributed by atoms with Gasteiger partial charge in [-0.2, -0.15) is 13.2 Å². The molecule has 0 aliphatic carbocycles. The fourth-order valence-electron chi connectivity index (χ4n) is 4.26. The van der Waals surface area contributed by atoms with Gasteiger partial charge in [-0.05, 0) is 47.7 Å². The molecular weight excluding hydrogens is 452 g/mol. The summed E-state index contributed by atoms with van der Waals surface area (Å²) in [4.78, 5) is 26.0. The van der Waals surface area contributed by atoms with Gasteiger partial charge in [0.2, 0.25) is 0 Å². The van der Waals surface area contributed by atoms with Crippen LogP contribution in [0.4, 0.5) is 17.6 Å². The molecule has 0 aliphatic rings. The van der Waals surface area contributed by atoms with E-state index in [2.05, 4.69) is 0 Å². The maximum atomic E-state index is 14.3. The van der Waals surface area contributed by atoms with Crippen LogP contribution in [0.5, 0.6) is 0 Å². The minimum atomic E-state index is -5.06. The van der Waals surface area contributed by atoms with Gasteiger partial charge in [0.25, 0.3) is 5.91 Å². The fourth-order valence-corrected chi connectivity index (χ4v) is 4.26. The number of hydrogen-bond acceptors (Lipinski definition) is 3. The number of fused-ring (bicyclic) bond motifs is 1. The Bertz CT molecular complexity index is 1280. The summed E-state index contributed by atoms with van der Waals surface area (Å²) < 4.78 is 58.2. The third-order valence-electron chi connectivity index (χ3n) is 5.93. The second-order valence-corrected chi connectivity index (χ2v) is 9.30. The number of rotatable bonds is 6. The lowest BCUT2D eigenvalue weighted by molar-refractivity contribution is -0.271. The smallest absolute Gasteiger partial charge is 0.379 e. The first kappa shape index (κ1) is 25.4. The first-order valence-electron chi connectivity index (χ1n) is 10.6. The molecule has 1 heterocycles. The lowest BCUT2D eigenvalue weighted by atomic mass is 9.73. The standard InChI is InChI=1S/C25H26F4N2O3/c1-23(2,19-13-16(26)9-10-17(19)22(33)30(3)4)14-24(34,25(27,28)29)15-31-12-11-21(32)18-7-5-6-8-20(18)31/h5-13,34H,14-15H2,1-4H3. The molecule has 0 aliphatic heterocycles. The van der Waals surface area contributed by atoms with E-state index in [1.54, 1.807) is 12.1 Å². The maximum Gasteiger partial charge on any atom is 0.418 e. The molecule has 0 saturated carbocycles. The summed E-state index contributed by atoms with van der Waals surface area (Å²) in [5.41, 5.74) is -4.71. The Morgan fingerprint density at radius 2 is 1.71 bits per heavy atom. The van der Waals surface area contributed by atoms with E-state index in [4.69, 9.17) is 0 Å². The third-order valence-corrected chi connectivity index (χ3v) is 5.93. The molecule has 5 nitrogen and oxygen atoms in total. The summed E-state index contributed by atoms with van der Waals surface area (Å²) >= 11 is 0. The van der Waals surface area contributed by atoms with Crippen molar-refractivity contribution in [1.82, 2.24) is 9.47 Å². The summed E-state index contributed by atoms with van der Waals surface area (Å²) in [6.07, 6.45) is -4.72. The summed E-state index contributed by atoms with van der Waals surface area (Å²) in [5, 5.41) is 11.2. The molecule has 0 spiro atoms. The lowest BCUT2D eigenvalue weighted by Crippen LogP contribution is -2.52. The number of benzene rings is 2. The van der Waals surface area contributed by atoms with Crippen molar-refractivity contribution in [2.45, 2.75) is 44.0 Å². The van der Waals surface area contributed by atoms with Crippen LogP contribution in [0.15, 0.2) is 59.5 Å². The van der Waals surface area contributed by atoms with Gasteiger partial charge in [-0.3, -0.25) is 9.59 Å². The first-order chi connectivity index (χ1) is 15.7. The van der Waals surface area contributed by atoms with Crippen LogP contribution in [0.25, 0.3) is 10.9 Å². The average molecular weight is 478 g/mol. The number of aromatic nitrogens is 1. The summed E-state index contributed by atoms with van der Waals surface area (Å²) in [6.45, 7) is 1.95. The van der Waals surface area contributed by atoms with Gasteiger partial charge < -0.3 is 14.6 Å². The number of pyridine rings is 1. The molecule has 1 amide bonds. The first-order valence-corrected chi connectivity index (χ1v) is 10.6. The molecule has 2 aromatic carbocycles. The van der Waals surface area contributed by atoms with Gasteiger partial charge in [0.05, 0.1) is 12.1 Å². The van der Waals surface area contributed by atoms with Crippen molar-refractivity contribution < 1.29 is 27.5 Å². The molecule has 0 fully saturated rings. The van der Waals surface area contributed by atoms with E-state index in [0.717, 1.165) is 18.2 Å². The number of hydrogen-bond donors (Lipinski definition) is 1. The maximum absolute atomic E-state index is 14.3. The van der Waals surface area contributed by atoms with E-state index in [0.29, 0.717) is 0 Å². The molecule has 1 aromatic heterocycles. The zero-order valence-corrected chi connectivity index (χ0v) is 19.3. The molecule has 1 N–H and O–H groups in total. The van der Waals surface area contributed by atoms with E-state index >= 15 is 0 Å². The van der Waals surface area contributed by atoms with Crippen LogP contribution >= 0.6 is 0 Å². The van der Waals surface area contributed by atoms with Gasteiger partial charge >= 0.3 is 6.18 Å². The predicted octanol–water partition coefficient (Wildman–Crippen LogP) is 4.50. The zero-order chi connectivity index (χ0) is 25.5. The minimum absolute atomic E-state index is 0.0507. The summed E-state index contributed by atoms with van der Waals surface area (Å²) in [5.74, 6) is -1.20. The number of amides is 1. The topological polar surface area (TPSA) is 62.5 Å². The number of halogens is 4. The van der Waals surface area contributed by atoms with Gasteiger partial charge in [-0.1, -0.05) is 26.0 Å². The van der Waals surface area contributed by atoms with Gasteiger partial charge in [0, 0.05) is 37.3 Å². The van der Waals surface area contributed by atoms with Crippen LogP contribution in [0.3, 0.4) is 0 Å². The Morgan fingerprint density at radius 1 is 1.06 bits per heavy atom. The molecule has 1 atom stereocenters. The minimum Gasteiger partial charge on any atom is -0.379 e. The highest BCUT2D eigenvalue weighted by molar-refractivity contribution is 5.95. The largest absolute Gasteiger partial charge is 0.418 e. The Kier molecular flexibility index (Phi) is 6.63. The molecule has 0 radical (unpaired) electrons. The van der Waals surface area contributed by atoms with Gasteiger partial charge in [-0.25, -0.2) is 4.39 Å². The molecule has 9 heteroatoms. The quantitative estimate of drug-likeness (QED) is 0.531. The van der Waals surface area contributed by atoms with Crippen molar-refractivity contribution in [1.29, 1.82) is 0 Å². The van der Waals surface area contributed by atoms with Crippen LogP contribution in [0.2, 0.25) is 0 Å². The van der Waals surface area contributed by atoms with E-state index in [1.807, 2.05) is 0 Å². The molecule has 0 bridgehead atoms. The van der Waals surface area contributed by atoms with Crippen molar-refractivity contribution in [2.24, 2.45) is 0 Å². The molecule has 182 valence electrons. The Labute approximate surface area is 194 Å². The van der Waals surface area contributed by atoms with Crippen molar-refractivity contribution in [3.63, 3.8) is 0 Å². The van der Waals surface area contributed by atoms with Gasteiger partial charge in [0.1, 0.15) is 5.82 Å². The molecule has 3 aromatic rings. The van der Waals surface area contributed by atoms with Crippen molar-refractivity contribution >= 4 is 16.8 Å². The molecule has 0 saturated heterocycles. The average Bonchev–Trinajstić information content (AvgIpc) is 2.74. The zero-order valence-electron chi connectivity index (χ0n) is 19.3. The SMILES string of the molecule is CN(C)C(=O)c1ccc(F)cc1C(C)(C)CC(O)(Cn1ccc(=O)c2ccccc21)C(F)(F)F. The van der Waals surface area contributed by atoms with Crippen LogP contribution in [-0.4, -0.2) is 46.4 Å². The third kappa shape index (κ3) is 4.84. The van der Waals surface area contributed by atoms with Crippen LogP contribution in [0.1, 0.15) is 36.2 Å². The molecular formula is C25H26F4N2O3. The number of carbonyl (C=O) groups excluding carboxylic acids is 1. The lowest BCUT2D eigenvalue weighted by Gasteiger charge is -2.39. The molecule has 1 unspecified atom stereocenters. The second kappa shape index (κ2) is 8.87. The highest BCUT2D eigenvalue weighted by Gasteiger charge is 2.56. The van der Waals surface area contributed by atoms with Crippen molar-refractivity contribution in [2.75, 3.05) is 14.1 Å². The second-order valence-electron chi connectivity index (χ2n) is 9.30. The van der Waals surface area contributed by atoms with E-state index in [1.165, 1.54) is 61.8 Å². The highest BCUT2D eigenvalue weighted by atomic mass is 19.4. The normalized spacial score (nSPS) is 14.1. The number of para-hydroxylation sites is 1. The van der Waals surface area contributed by atoms with Crippen LogP contribution in [-0.2, 0) is 12.0 Å². The van der Waals surface area contributed by atoms with Gasteiger partial charge in [0.15, 0.2) is 11.0 Å². The number of alkyl halides is 3. The highest BCUT2D eigenvalue weighted by Crippen LogP contribution is 2.43. The number of carbonyl (C=O) groups is 1. The van der Waals surface area contributed by atoms with Crippen LogP contribution < -0.4 is 5.43 Å². The van der Waals surface area contributed by atoms with Crippen LogP contribution in [0, 0.1) is 5.82 Å².